The summed E-state index contributed by atoms with van der Waals surface area (Å²) in [7, 11) is 0. The molecule has 2 aliphatic heterocycles. The molecule has 0 aliphatic carbocycles. The number of piperidine rings is 1. The Morgan fingerprint density at radius 1 is 1.12 bits per heavy atom. The Labute approximate surface area is 185 Å². The molecule has 2 aliphatic rings. The minimum Gasteiger partial charge on any atom is -0.459 e. The molecule has 0 saturated carbocycles. The molecule has 9 heteroatoms. The van der Waals surface area contributed by atoms with E-state index in [1.807, 2.05) is 6.92 Å². The van der Waals surface area contributed by atoms with Crippen molar-refractivity contribution in [2.75, 3.05) is 26.2 Å². The van der Waals surface area contributed by atoms with E-state index >= 15 is 0 Å². The lowest BCUT2D eigenvalue weighted by atomic mass is 9.96. The van der Waals surface area contributed by atoms with E-state index in [9.17, 15) is 18.8 Å². The fourth-order valence-corrected chi connectivity index (χ4v) is 4.32. The normalized spacial score (nSPS) is 19.9. The Balaban J connectivity index is 1.55. The first-order chi connectivity index (χ1) is 15.5. The first-order valence-electron chi connectivity index (χ1n) is 10.8. The van der Waals surface area contributed by atoms with Gasteiger partial charge < -0.3 is 19.4 Å². The van der Waals surface area contributed by atoms with Crippen molar-refractivity contribution in [3.8, 4) is 0 Å². The van der Waals surface area contributed by atoms with Crippen molar-refractivity contribution in [3.63, 3.8) is 0 Å². The first-order valence-corrected chi connectivity index (χ1v) is 10.8. The molecule has 2 fully saturated rings. The maximum Gasteiger partial charge on any atom is 0.292 e. The van der Waals surface area contributed by atoms with Crippen molar-refractivity contribution in [1.82, 2.24) is 15.1 Å². The van der Waals surface area contributed by atoms with Crippen LogP contribution in [-0.4, -0.2) is 65.5 Å². The zero-order chi connectivity index (χ0) is 22.7. The number of hydrogen-bond donors (Lipinski definition) is 1. The van der Waals surface area contributed by atoms with Crippen LogP contribution in [0, 0.1) is 5.82 Å². The summed E-state index contributed by atoms with van der Waals surface area (Å²) in [5, 5.41) is 2.83. The molecule has 4 rings (SSSR count). The number of furan rings is 1. The molecule has 8 nitrogen and oxygen atoms in total. The fraction of sp³-hybridized carbons (Fsp3) is 0.435. The van der Waals surface area contributed by atoms with Crippen LogP contribution in [0.4, 0.5) is 4.39 Å². The molecule has 3 amide bonds. The maximum absolute atomic E-state index is 14.1. The number of halogens is 1. The number of nitrogens with one attached hydrogen (secondary N) is 1. The molecule has 1 unspecified atom stereocenters. The van der Waals surface area contributed by atoms with E-state index in [0.29, 0.717) is 19.4 Å². The minimum atomic E-state index is -1.04. The molecule has 1 N–H and O–H groups in total. The third-order valence-electron chi connectivity index (χ3n) is 6.00. The Hall–Kier alpha value is -3.20. The van der Waals surface area contributed by atoms with Crippen LogP contribution in [0.5, 0.6) is 0 Å². The van der Waals surface area contributed by atoms with E-state index < -0.39 is 29.4 Å². The quantitative estimate of drug-likeness (QED) is 0.766. The molecule has 170 valence electrons. The van der Waals surface area contributed by atoms with E-state index in [4.69, 9.17) is 9.15 Å². The van der Waals surface area contributed by atoms with Crippen molar-refractivity contribution >= 4 is 17.7 Å². The summed E-state index contributed by atoms with van der Waals surface area (Å²) in [4.78, 5) is 41.9. The Morgan fingerprint density at radius 2 is 1.88 bits per heavy atom. The van der Waals surface area contributed by atoms with E-state index in [0.717, 1.165) is 6.42 Å². The summed E-state index contributed by atoms with van der Waals surface area (Å²) < 4.78 is 25.4. The third kappa shape index (κ3) is 4.00. The molecular formula is C23H26FN3O5. The number of amides is 3. The number of nitrogens with zero attached hydrogens (tertiary/aromatic N) is 2. The standard InChI is InChI=1S/C23H26FN3O5/c1-2-11-25-20(28)18-15-32-23(27(18)22(30)19-8-5-14-31-19)9-12-26(13-10-23)21(29)16-6-3-4-7-17(16)24/h3-8,14,18H,2,9-13,15H2,1H3,(H,25,28). The molecule has 1 atom stereocenters. The van der Waals surface area contributed by atoms with Gasteiger partial charge in [0.2, 0.25) is 5.91 Å². The van der Waals surface area contributed by atoms with Gasteiger partial charge in [-0.05, 0) is 30.7 Å². The van der Waals surface area contributed by atoms with Crippen LogP contribution in [0.25, 0.3) is 0 Å². The van der Waals surface area contributed by atoms with Crippen LogP contribution in [0.1, 0.15) is 47.1 Å². The SMILES string of the molecule is CCCNC(=O)C1COC2(CCN(C(=O)c3ccccc3F)CC2)N1C(=O)c1ccco1. The molecule has 0 radical (unpaired) electrons. The van der Waals surface area contributed by atoms with Gasteiger partial charge in [0.15, 0.2) is 5.76 Å². The third-order valence-corrected chi connectivity index (χ3v) is 6.00. The van der Waals surface area contributed by atoms with Crippen LogP contribution < -0.4 is 5.32 Å². The lowest BCUT2D eigenvalue weighted by Crippen LogP contribution is -2.59. The second kappa shape index (κ2) is 9.12. The van der Waals surface area contributed by atoms with Gasteiger partial charge in [0.05, 0.1) is 18.4 Å². The van der Waals surface area contributed by atoms with Crippen LogP contribution in [0.3, 0.4) is 0 Å². The first kappa shape index (κ1) is 22.0. The highest BCUT2D eigenvalue weighted by Crippen LogP contribution is 2.39. The highest BCUT2D eigenvalue weighted by atomic mass is 19.1. The van der Waals surface area contributed by atoms with Crippen LogP contribution in [0.2, 0.25) is 0 Å². The molecule has 1 aromatic carbocycles. The summed E-state index contributed by atoms with van der Waals surface area (Å²) in [6.07, 6.45) is 2.77. The van der Waals surface area contributed by atoms with E-state index in [-0.39, 0.29) is 36.9 Å². The van der Waals surface area contributed by atoms with Crippen LogP contribution in [-0.2, 0) is 9.53 Å². The second-order valence-corrected chi connectivity index (χ2v) is 7.99. The molecule has 3 heterocycles. The van der Waals surface area contributed by atoms with Crippen molar-refractivity contribution in [2.24, 2.45) is 0 Å². The number of carbonyl (C=O) groups excluding carboxylic acids is 3. The van der Waals surface area contributed by atoms with Crippen molar-refractivity contribution in [1.29, 1.82) is 0 Å². The minimum absolute atomic E-state index is 0.0103. The van der Waals surface area contributed by atoms with Gasteiger partial charge in [-0.1, -0.05) is 19.1 Å². The summed E-state index contributed by atoms with van der Waals surface area (Å²) in [5.41, 5.74) is -1.03. The summed E-state index contributed by atoms with van der Waals surface area (Å²) in [6.45, 7) is 3.02. The summed E-state index contributed by atoms with van der Waals surface area (Å²) >= 11 is 0. The van der Waals surface area contributed by atoms with E-state index in [1.54, 1.807) is 23.1 Å². The Bertz CT molecular complexity index is 985. The number of ether oxygens (including phenoxy) is 1. The maximum atomic E-state index is 14.1. The number of rotatable bonds is 5. The van der Waals surface area contributed by atoms with E-state index in [2.05, 4.69) is 5.32 Å². The monoisotopic (exact) mass is 443 g/mol. The van der Waals surface area contributed by atoms with Gasteiger partial charge in [-0.15, -0.1) is 0 Å². The smallest absolute Gasteiger partial charge is 0.292 e. The van der Waals surface area contributed by atoms with Gasteiger partial charge in [-0.25, -0.2) is 4.39 Å². The summed E-state index contributed by atoms with van der Waals surface area (Å²) in [6, 6.07) is 8.21. The highest BCUT2D eigenvalue weighted by molar-refractivity contribution is 5.97. The van der Waals surface area contributed by atoms with E-state index in [1.165, 1.54) is 29.4 Å². The predicted molar refractivity (Wildman–Crippen MR) is 112 cm³/mol. The Morgan fingerprint density at radius 3 is 2.53 bits per heavy atom. The topological polar surface area (TPSA) is 92.1 Å². The lowest BCUT2D eigenvalue weighted by Gasteiger charge is -2.44. The summed E-state index contributed by atoms with van der Waals surface area (Å²) in [5.74, 6) is -1.58. The van der Waals surface area contributed by atoms with Gasteiger partial charge in [0.1, 0.15) is 17.6 Å². The van der Waals surface area contributed by atoms with Crippen molar-refractivity contribution in [3.05, 3.63) is 59.8 Å². The molecular weight excluding hydrogens is 417 g/mol. The largest absolute Gasteiger partial charge is 0.459 e. The van der Waals surface area contributed by atoms with Gasteiger partial charge in [0.25, 0.3) is 11.8 Å². The average molecular weight is 443 g/mol. The van der Waals surface area contributed by atoms with Gasteiger partial charge >= 0.3 is 0 Å². The zero-order valence-electron chi connectivity index (χ0n) is 17.9. The molecule has 1 spiro atoms. The number of likely N-dealkylation sites (tertiary alicyclic amines) is 1. The number of carbonyl (C=O) groups is 3. The number of benzene rings is 1. The van der Waals surface area contributed by atoms with Crippen molar-refractivity contribution in [2.45, 2.75) is 38.0 Å². The molecule has 32 heavy (non-hydrogen) atoms. The zero-order valence-corrected chi connectivity index (χ0v) is 17.9. The molecule has 2 aromatic rings. The molecule has 1 aromatic heterocycles. The van der Waals surface area contributed by atoms with Crippen molar-refractivity contribution < 1.29 is 27.9 Å². The fourth-order valence-electron chi connectivity index (χ4n) is 4.32. The van der Waals surface area contributed by atoms with Gasteiger partial charge in [0, 0.05) is 32.5 Å². The van der Waals surface area contributed by atoms with Gasteiger partial charge in [-0.3, -0.25) is 19.3 Å². The van der Waals surface area contributed by atoms with Crippen LogP contribution in [0.15, 0.2) is 47.1 Å². The second-order valence-electron chi connectivity index (χ2n) is 7.99. The molecule has 0 bridgehead atoms. The van der Waals surface area contributed by atoms with Gasteiger partial charge in [-0.2, -0.15) is 0 Å². The number of hydrogen-bond acceptors (Lipinski definition) is 5. The lowest BCUT2D eigenvalue weighted by molar-refractivity contribution is -0.128. The highest BCUT2D eigenvalue weighted by Gasteiger charge is 2.54. The Kier molecular flexibility index (Phi) is 6.27. The molecule has 2 saturated heterocycles. The predicted octanol–water partition coefficient (Wildman–Crippen LogP) is 2.42. The average Bonchev–Trinajstić information content (AvgIpc) is 3.46. The van der Waals surface area contributed by atoms with Crippen LogP contribution >= 0.6 is 0 Å².